The Balaban J connectivity index is 0.964. The third kappa shape index (κ3) is 3.97. The van der Waals surface area contributed by atoms with E-state index in [4.69, 9.17) is 0 Å². The Morgan fingerprint density at radius 3 is 1.68 bits per heavy atom. The number of benzene rings is 6. The molecule has 266 valence electrons. The number of allylic oxidation sites excluding steroid dienone is 2. The van der Waals surface area contributed by atoms with Crippen LogP contribution in [0.3, 0.4) is 0 Å². The van der Waals surface area contributed by atoms with E-state index in [9.17, 15) is 0 Å². The summed E-state index contributed by atoms with van der Waals surface area (Å²) in [4.78, 5) is 8.79. The van der Waals surface area contributed by atoms with E-state index in [1.54, 1.807) is 0 Å². The maximum atomic E-state index is 4.40. The van der Waals surface area contributed by atoms with E-state index in [1.165, 1.54) is 77.5 Å². The number of nitrogens with zero attached hydrogens (tertiary/aromatic N) is 4. The van der Waals surface area contributed by atoms with Gasteiger partial charge in [-0.3, -0.25) is 9.97 Å². The summed E-state index contributed by atoms with van der Waals surface area (Å²) in [5.41, 5.74) is 19.8. The van der Waals surface area contributed by atoms with Gasteiger partial charge in [0.2, 0.25) is 0 Å². The molecule has 6 aromatic carbocycles. The summed E-state index contributed by atoms with van der Waals surface area (Å²) in [5.74, 6) is 0. The van der Waals surface area contributed by atoms with Crippen LogP contribution >= 0.6 is 0 Å². The molecule has 1 spiro atoms. The first kappa shape index (κ1) is 30.8. The molecule has 3 aliphatic rings. The van der Waals surface area contributed by atoms with Gasteiger partial charge in [0, 0.05) is 64.3 Å². The molecule has 0 saturated heterocycles. The van der Waals surface area contributed by atoms with Gasteiger partial charge in [-0.05, 0) is 123 Å². The van der Waals surface area contributed by atoms with E-state index in [2.05, 4.69) is 182 Å². The number of hydrogen-bond acceptors (Lipinski definition) is 3. The fourth-order valence-corrected chi connectivity index (χ4v) is 10.5. The summed E-state index contributed by atoms with van der Waals surface area (Å²) in [7, 11) is 0. The fraction of sp³-hybridized carbons (Fsp3) is 0.0385. The molecule has 0 saturated carbocycles. The molecule has 0 amide bonds. The molecule has 10 aromatic rings. The van der Waals surface area contributed by atoms with Crippen molar-refractivity contribution in [3.8, 4) is 33.6 Å². The maximum absolute atomic E-state index is 4.40. The molecule has 0 unspecified atom stereocenters. The quantitative estimate of drug-likeness (QED) is 0.197. The standard InChI is InChI=1S/C52H33N5/c1-4-10-44-36(7-1)37-8-2-5-11-45(37)52(44)46-21-24-53-29-41(46)39-27-40-38-9-3-6-12-48(38)57(51(40)28-47(39)52)35-19-15-33(16-20-35)32-13-17-34(18-14-32)56-49-22-25-54-30-42(49)43-31-55-26-23-50(43)56/h1-28,30-31,53H,29H2. The number of para-hydroxylation sites is 1. The van der Waals surface area contributed by atoms with Gasteiger partial charge in [0.1, 0.15) is 0 Å². The van der Waals surface area contributed by atoms with Crippen LogP contribution in [0.2, 0.25) is 0 Å². The van der Waals surface area contributed by atoms with Gasteiger partial charge in [0.25, 0.3) is 0 Å². The molecule has 4 aromatic heterocycles. The first-order valence-corrected chi connectivity index (χ1v) is 19.6. The Kier molecular flexibility index (Phi) is 6.09. The number of dihydropyridines is 1. The molecule has 0 radical (unpaired) electrons. The predicted molar refractivity (Wildman–Crippen MR) is 232 cm³/mol. The molecule has 0 atom stereocenters. The third-order valence-corrected chi connectivity index (χ3v) is 12.8. The molecular weight excluding hydrogens is 695 g/mol. The van der Waals surface area contributed by atoms with Gasteiger partial charge < -0.3 is 14.5 Å². The third-order valence-electron chi connectivity index (χ3n) is 12.8. The monoisotopic (exact) mass is 727 g/mol. The smallest absolute Gasteiger partial charge is 0.0724 e. The van der Waals surface area contributed by atoms with Crippen LogP contribution in [0, 0.1) is 0 Å². The maximum Gasteiger partial charge on any atom is 0.0724 e. The van der Waals surface area contributed by atoms with Crippen LogP contribution in [0.4, 0.5) is 0 Å². The van der Waals surface area contributed by atoms with E-state index >= 15 is 0 Å². The summed E-state index contributed by atoms with van der Waals surface area (Å²) in [6.45, 7) is 0.811. The second kappa shape index (κ2) is 11.3. The minimum Gasteiger partial charge on any atom is -0.387 e. The zero-order valence-electron chi connectivity index (χ0n) is 30.8. The minimum absolute atomic E-state index is 0.380. The highest BCUT2D eigenvalue weighted by Crippen LogP contribution is 2.63. The van der Waals surface area contributed by atoms with Gasteiger partial charge in [-0.2, -0.15) is 0 Å². The topological polar surface area (TPSA) is 47.7 Å². The first-order chi connectivity index (χ1) is 28.3. The number of fused-ring (bicyclic) bond motifs is 15. The Bertz CT molecular complexity index is 3300. The van der Waals surface area contributed by atoms with Gasteiger partial charge in [-0.1, -0.05) is 91.0 Å². The molecule has 5 heterocycles. The van der Waals surface area contributed by atoms with Crippen molar-refractivity contribution in [3.05, 3.63) is 210 Å². The lowest BCUT2D eigenvalue weighted by Crippen LogP contribution is -2.28. The van der Waals surface area contributed by atoms with Gasteiger partial charge in [0.05, 0.1) is 27.5 Å². The van der Waals surface area contributed by atoms with Crippen LogP contribution in [-0.4, -0.2) is 25.6 Å². The van der Waals surface area contributed by atoms with Gasteiger partial charge in [-0.25, -0.2) is 0 Å². The van der Waals surface area contributed by atoms with E-state index in [0.717, 1.165) is 39.7 Å². The second-order valence-electron chi connectivity index (χ2n) is 15.4. The van der Waals surface area contributed by atoms with Crippen molar-refractivity contribution in [1.82, 2.24) is 24.4 Å². The predicted octanol–water partition coefficient (Wildman–Crippen LogP) is 11.5. The summed E-state index contributed by atoms with van der Waals surface area (Å²) >= 11 is 0. The number of hydrogen-bond donors (Lipinski definition) is 1. The molecule has 5 nitrogen and oxygen atoms in total. The van der Waals surface area contributed by atoms with Gasteiger partial charge >= 0.3 is 0 Å². The molecule has 0 bridgehead atoms. The molecule has 0 fully saturated rings. The summed E-state index contributed by atoms with van der Waals surface area (Å²) in [6, 6.07) is 54.1. The molecular formula is C52H33N5. The Morgan fingerprint density at radius 1 is 0.474 bits per heavy atom. The van der Waals surface area contributed by atoms with Crippen molar-refractivity contribution < 1.29 is 0 Å². The van der Waals surface area contributed by atoms with Crippen molar-refractivity contribution in [2.24, 2.45) is 0 Å². The van der Waals surface area contributed by atoms with Crippen LogP contribution in [-0.2, 0) is 5.41 Å². The van der Waals surface area contributed by atoms with Crippen LogP contribution in [0.25, 0.3) is 82.8 Å². The van der Waals surface area contributed by atoms with Crippen molar-refractivity contribution in [2.45, 2.75) is 5.41 Å². The van der Waals surface area contributed by atoms with Crippen molar-refractivity contribution >= 4 is 49.2 Å². The molecule has 13 rings (SSSR count). The Hall–Kier alpha value is -7.50. The highest BCUT2D eigenvalue weighted by Gasteiger charge is 2.52. The number of nitrogens with one attached hydrogen (secondary N) is 1. The number of pyridine rings is 2. The highest BCUT2D eigenvalue weighted by atomic mass is 15.0. The Labute approximate surface area is 328 Å². The number of rotatable bonds is 3. The number of aromatic nitrogens is 4. The van der Waals surface area contributed by atoms with Crippen LogP contribution in [0.1, 0.15) is 22.3 Å². The van der Waals surface area contributed by atoms with E-state index in [0.29, 0.717) is 0 Å². The van der Waals surface area contributed by atoms with Crippen molar-refractivity contribution in [3.63, 3.8) is 0 Å². The lowest BCUT2D eigenvalue weighted by molar-refractivity contribution is 0.779. The average Bonchev–Trinajstić information content (AvgIpc) is 3.98. The van der Waals surface area contributed by atoms with Crippen molar-refractivity contribution in [2.75, 3.05) is 6.54 Å². The van der Waals surface area contributed by atoms with E-state index < -0.39 is 0 Å². The molecule has 1 N–H and O–H groups in total. The first-order valence-electron chi connectivity index (χ1n) is 19.6. The lowest BCUT2D eigenvalue weighted by Gasteiger charge is -2.32. The Morgan fingerprint density at radius 2 is 1.04 bits per heavy atom. The molecule has 1 aliphatic heterocycles. The van der Waals surface area contributed by atoms with Crippen LogP contribution in [0.5, 0.6) is 0 Å². The normalized spacial score (nSPS) is 14.7. The fourth-order valence-electron chi connectivity index (χ4n) is 10.5. The largest absolute Gasteiger partial charge is 0.387 e. The second-order valence-corrected chi connectivity index (χ2v) is 15.4. The summed E-state index contributed by atoms with van der Waals surface area (Å²) < 4.78 is 4.77. The van der Waals surface area contributed by atoms with E-state index in [1.807, 2.05) is 24.8 Å². The van der Waals surface area contributed by atoms with Crippen LogP contribution < -0.4 is 5.32 Å². The van der Waals surface area contributed by atoms with Gasteiger partial charge in [0.15, 0.2) is 0 Å². The molecule has 2 aliphatic carbocycles. The SMILES string of the molecule is C1=CC2=C(CN1)c1cc3c4ccccc4n(-c4ccc(-c5ccc(-n6c7ccncc7c7cnccc76)cc5)cc4)c3cc1C21c2ccccc2-c2ccccc21. The van der Waals surface area contributed by atoms with E-state index in [-0.39, 0.29) is 5.41 Å². The molecule has 57 heavy (non-hydrogen) atoms. The zero-order chi connectivity index (χ0) is 37.2. The average molecular weight is 728 g/mol. The lowest BCUT2D eigenvalue weighted by atomic mass is 9.69. The minimum atomic E-state index is -0.380. The summed E-state index contributed by atoms with van der Waals surface area (Å²) in [6.07, 6.45) is 12.0. The van der Waals surface area contributed by atoms with Crippen LogP contribution in [0.15, 0.2) is 188 Å². The van der Waals surface area contributed by atoms with Gasteiger partial charge in [-0.15, -0.1) is 0 Å². The highest BCUT2D eigenvalue weighted by molar-refractivity contribution is 6.12. The zero-order valence-corrected chi connectivity index (χ0v) is 30.8. The molecule has 5 heteroatoms. The van der Waals surface area contributed by atoms with Crippen molar-refractivity contribution in [1.29, 1.82) is 0 Å². The summed E-state index contributed by atoms with van der Waals surface area (Å²) in [5, 5.41) is 8.31.